The number of amides is 2. The average molecular weight is 659 g/mol. The number of halogens is 6. The third-order valence-corrected chi connectivity index (χ3v) is 8.31. The molecule has 0 aliphatic carbocycles. The predicted octanol–water partition coefficient (Wildman–Crippen LogP) is 6.64. The third-order valence-electron chi connectivity index (χ3n) is 7.22. The predicted molar refractivity (Wildman–Crippen MR) is 156 cm³/mol. The summed E-state index contributed by atoms with van der Waals surface area (Å²) in [5.41, 5.74) is 3.93. The second kappa shape index (κ2) is 11.2. The van der Waals surface area contributed by atoms with Crippen molar-refractivity contribution in [2.75, 3.05) is 5.32 Å². The van der Waals surface area contributed by atoms with Crippen molar-refractivity contribution >= 4 is 44.7 Å². The van der Waals surface area contributed by atoms with Gasteiger partial charge in [0.25, 0.3) is 18.2 Å². The molecular formula is C29H20F6N8O2S. The molecule has 17 heteroatoms. The molecule has 0 fully saturated rings. The van der Waals surface area contributed by atoms with Crippen molar-refractivity contribution in [2.45, 2.75) is 33.0 Å². The number of primary amides is 1. The van der Waals surface area contributed by atoms with Gasteiger partial charge in [0, 0.05) is 28.8 Å². The summed E-state index contributed by atoms with van der Waals surface area (Å²) >= 11 is 0.546. The maximum Gasteiger partial charge on any atom is 0.433 e. The Hall–Kier alpha value is -5.32. The van der Waals surface area contributed by atoms with Crippen LogP contribution in [-0.2, 0) is 12.7 Å². The Kier molecular flexibility index (Phi) is 7.50. The van der Waals surface area contributed by atoms with Crippen molar-refractivity contribution in [2.24, 2.45) is 5.73 Å². The summed E-state index contributed by atoms with van der Waals surface area (Å²) in [5.74, 6) is -2.60. The lowest BCUT2D eigenvalue weighted by Crippen LogP contribution is -2.17. The number of carbonyl (C=O) groups is 2. The van der Waals surface area contributed by atoms with Crippen LogP contribution in [0, 0.1) is 12.7 Å². The van der Waals surface area contributed by atoms with Crippen LogP contribution in [0.15, 0.2) is 48.8 Å². The number of hydrogen-bond donors (Lipinski definition) is 2. The second-order valence-electron chi connectivity index (χ2n) is 9.98. The number of fused-ring (bicyclic) bond motifs is 2. The number of alkyl halides is 5. The van der Waals surface area contributed by atoms with Gasteiger partial charge in [0.1, 0.15) is 32.5 Å². The van der Waals surface area contributed by atoms with E-state index in [0.29, 0.717) is 23.6 Å². The number of carbonyl (C=O) groups excluding carboxylic acids is 2. The highest BCUT2D eigenvalue weighted by atomic mass is 32.1. The van der Waals surface area contributed by atoms with E-state index in [0.717, 1.165) is 35.0 Å². The lowest BCUT2D eigenvalue weighted by atomic mass is 10.0. The van der Waals surface area contributed by atoms with Crippen LogP contribution in [0.3, 0.4) is 0 Å². The number of hydrogen-bond acceptors (Lipinski definition) is 7. The molecule has 10 nitrogen and oxygen atoms in total. The van der Waals surface area contributed by atoms with E-state index < -0.39 is 41.6 Å². The number of aryl methyl sites for hydroxylation is 1. The molecule has 46 heavy (non-hydrogen) atoms. The van der Waals surface area contributed by atoms with E-state index in [4.69, 9.17) is 5.73 Å². The van der Waals surface area contributed by atoms with Crippen molar-refractivity contribution in [3.63, 3.8) is 0 Å². The number of pyridine rings is 1. The summed E-state index contributed by atoms with van der Waals surface area (Å²) in [6.45, 7) is 3.85. The van der Waals surface area contributed by atoms with E-state index in [1.165, 1.54) is 18.3 Å². The second-order valence-corrected chi connectivity index (χ2v) is 11.0. The molecule has 0 unspecified atom stereocenters. The molecule has 5 aromatic heterocycles. The molecule has 0 aliphatic heterocycles. The normalized spacial score (nSPS) is 12.0. The number of thiophene rings is 1. The fourth-order valence-corrected chi connectivity index (χ4v) is 6.04. The summed E-state index contributed by atoms with van der Waals surface area (Å²) in [6.07, 6.45) is -5.57. The molecule has 6 rings (SSSR count). The molecular weight excluding hydrogens is 638 g/mol. The molecule has 3 N–H and O–H groups in total. The van der Waals surface area contributed by atoms with Gasteiger partial charge in [0.05, 0.1) is 23.8 Å². The van der Waals surface area contributed by atoms with E-state index >= 15 is 0 Å². The van der Waals surface area contributed by atoms with Crippen LogP contribution in [0.4, 0.5) is 32.0 Å². The van der Waals surface area contributed by atoms with Gasteiger partial charge in [-0.15, -0.1) is 11.3 Å². The number of nitrogens with zero attached hydrogens (tertiary/aromatic N) is 6. The number of rotatable bonds is 7. The lowest BCUT2D eigenvalue weighted by Gasteiger charge is -2.12. The molecule has 0 radical (unpaired) electrons. The Morgan fingerprint density at radius 1 is 1.04 bits per heavy atom. The zero-order valence-corrected chi connectivity index (χ0v) is 24.5. The highest BCUT2D eigenvalue weighted by Gasteiger charge is 2.36. The minimum Gasteiger partial charge on any atom is -0.365 e. The highest BCUT2D eigenvalue weighted by Crippen LogP contribution is 2.44. The lowest BCUT2D eigenvalue weighted by molar-refractivity contribution is -0.140. The van der Waals surface area contributed by atoms with Crippen LogP contribution in [0.5, 0.6) is 0 Å². The molecule has 0 bridgehead atoms. The van der Waals surface area contributed by atoms with Gasteiger partial charge < -0.3 is 11.1 Å². The summed E-state index contributed by atoms with van der Waals surface area (Å²) in [5, 5.41) is 10.6. The highest BCUT2D eigenvalue weighted by molar-refractivity contribution is 7.21. The summed E-state index contributed by atoms with van der Waals surface area (Å²) < 4.78 is 85.8. The van der Waals surface area contributed by atoms with Gasteiger partial charge in [-0.1, -0.05) is 0 Å². The molecule has 0 spiro atoms. The first-order valence-electron chi connectivity index (χ1n) is 13.4. The minimum absolute atomic E-state index is 0.00858. The van der Waals surface area contributed by atoms with Gasteiger partial charge in [-0.3, -0.25) is 14.3 Å². The topological polar surface area (TPSA) is 133 Å². The minimum atomic E-state index is -4.86. The maximum absolute atomic E-state index is 14.1. The SMILES string of the molecule is CCn1ncc(-c2cc(C(F)(F)F)nc3sc(C(N)=O)c(NC(=O)c4cnn5c(C(F)F)cc(-c6ccc(F)cc6)nc45)c23)c1C. The first-order valence-corrected chi connectivity index (χ1v) is 14.2. The van der Waals surface area contributed by atoms with Crippen LogP contribution in [0.2, 0.25) is 0 Å². The Morgan fingerprint density at radius 2 is 1.76 bits per heavy atom. The van der Waals surface area contributed by atoms with Gasteiger partial charge >= 0.3 is 6.18 Å². The van der Waals surface area contributed by atoms with Crippen molar-refractivity contribution in [3.05, 3.63) is 82.1 Å². The maximum atomic E-state index is 14.1. The standard InChI is InChI=1S/C29H20F6N8O2S/c1-3-42-12(2)16(10-37-42)15-8-20(29(33,34)35)40-28-21(15)22(23(46-28)25(36)44)41-27(45)17-11-38-43-19(24(31)32)9-18(39-26(17)43)13-4-6-14(30)7-5-13/h4-11,24H,3H2,1-2H3,(H2,36,44)(H,41,45). The van der Waals surface area contributed by atoms with Gasteiger partial charge in [0.2, 0.25) is 0 Å². The van der Waals surface area contributed by atoms with Gasteiger partial charge in [-0.05, 0) is 55.8 Å². The Bertz CT molecular complexity index is 2170. The zero-order valence-electron chi connectivity index (χ0n) is 23.7. The first-order chi connectivity index (χ1) is 21.8. The van der Waals surface area contributed by atoms with Crippen molar-refractivity contribution in [1.29, 1.82) is 0 Å². The molecule has 0 aliphatic rings. The number of anilines is 1. The fourth-order valence-electron chi connectivity index (χ4n) is 5.03. The fraction of sp³-hybridized carbons (Fsp3) is 0.172. The number of nitrogens with one attached hydrogen (secondary N) is 1. The molecule has 0 saturated carbocycles. The number of benzene rings is 1. The first kappa shape index (κ1) is 30.7. The summed E-state index contributed by atoms with van der Waals surface area (Å²) in [7, 11) is 0. The van der Waals surface area contributed by atoms with E-state index in [-0.39, 0.29) is 54.4 Å². The van der Waals surface area contributed by atoms with Crippen molar-refractivity contribution in [1.82, 2.24) is 29.4 Å². The summed E-state index contributed by atoms with van der Waals surface area (Å²) in [4.78, 5) is 33.8. The summed E-state index contributed by atoms with van der Waals surface area (Å²) in [6, 6.07) is 6.71. The molecule has 0 saturated heterocycles. The Labute approximate surface area is 258 Å². The molecule has 6 aromatic rings. The Morgan fingerprint density at radius 3 is 2.37 bits per heavy atom. The van der Waals surface area contributed by atoms with E-state index in [9.17, 15) is 35.9 Å². The van der Waals surface area contributed by atoms with Crippen molar-refractivity contribution < 1.29 is 35.9 Å². The van der Waals surface area contributed by atoms with Crippen LogP contribution in [0.25, 0.3) is 38.2 Å². The van der Waals surface area contributed by atoms with Crippen LogP contribution >= 0.6 is 11.3 Å². The largest absolute Gasteiger partial charge is 0.433 e. The Balaban J connectivity index is 1.55. The third kappa shape index (κ3) is 5.21. The molecule has 5 heterocycles. The van der Waals surface area contributed by atoms with Crippen LogP contribution in [-0.4, -0.2) is 41.2 Å². The van der Waals surface area contributed by atoms with E-state index in [2.05, 4.69) is 25.5 Å². The molecule has 236 valence electrons. The van der Waals surface area contributed by atoms with Crippen molar-refractivity contribution in [3.8, 4) is 22.4 Å². The molecule has 0 atom stereocenters. The zero-order chi connectivity index (χ0) is 33.1. The van der Waals surface area contributed by atoms with Crippen LogP contribution in [0.1, 0.15) is 50.5 Å². The average Bonchev–Trinajstić information content (AvgIpc) is 3.71. The molecule has 1 aromatic carbocycles. The number of nitrogens with two attached hydrogens (primary N) is 1. The van der Waals surface area contributed by atoms with Gasteiger partial charge in [-0.2, -0.15) is 23.4 Å². The monoisotopic (exact) mass is 658 g/mol. The van der Waals surface area contributed by atoms with E-state index in [1.807, 2.05) is 0 Å². The quantitative estimate of drug-likeness (QED) is 0.185. The van der Waals surface area contributed by atoms with Gasteiger partial charge in [0.15, 0.2) is 5.65 Å². The smallest absolute Gasteiger partial charge is 0.365 e. The van der Waals surface area contributed by atoms with Gasteiger partial charge in [-0.25, -0.2) is 27.7 Å². The van der Waals surface area contributed by atoms with E-state index in [1.54, 1.807) is 18.5 Å². The number of aromatic nitrogens is 6. The molecule has 2 amide bonds. The van der Waals surface area contributed by atoms with Crippen LogP contribution < -0.4 is 11.1 Å².